The van der Waals surface area contributed by atoms with Gasteiger partial charge in [0.05, 0.1) is 18.6 Å². The van der Waals surface area contributed by atoms with Crippen molar-refractivity contribution in [1.82, 2.24) is 0 Å². The molecular formula is C13H16F2O6. The molecule has 0 heterocycles. The maximum absolute atomic E-state index is 14.2. The van der Waals surface area contributed by atoms with Crippen LogP contribution in [0, 0.1) is 5.92 Å². The molecule has 1 aliphatic rings. The Kier molecular flexibility index (Phi) is 4.33. The highest BCUT2D eigenvalue weighted by Crippen LogP contribution is 2.41. The van der Waals surface area contributed by atoms with Crippen molar-refractivity contribution in [3.63, 3.8) is 0 Å². The number of halogens is 2. The predicted octanol–water partition coefficient (Wildman–Crippen LogP) is -0.520. The van der Waals surface area contributed by atoms with Gasteiger partial charge in [-0.05, 0) is 24.3 Å². The van der Waals surface area contributed by atoms with Crippen molar-refractivity contribution in [2.45, 2.75) is 30.3 Å². The molecule has 6 nitrogen and oxygen atoms in total. The second-order valence-corrected chi connectivity index (χ2v) is 4.97. The standard InChI is InChI=1S/C13H16F2O6/c14-13(15)8(5-16)9(18)10(19)11(20)12(13)21-7-3-1-6(17)2-4-7/h1-4,8-12,16-20H,5H2/t8-,9-,10+,11-,12+/m1/s1. The fraction of sp³-hybridized carbons (Fsp3) is 0.538. The quantitative estimate of drug-likeness (QED) is 0.514. The summed E-state index contributed by atoms with van der Waals surface area (Å²) in [6.45, 7) is -1.08. The van der Waals surface area contributed by atoms with Crippen molar-refractivity contribution in [2.24, 2.45) is 5.92 Å². The highest BCUT2D eigenvalue weighted by molar-refractivity contribution is 5.30. The van der Waals surface area contributed by atoms with E-state index in [-0.39, 0.29) is 11.5 Å². The molecule has 0 spiro atoms. The molecule has 1 aliphatic carbocycles. The Morgan fingerprint density at radius 2 is 1.57 bits per heavy atom. The van der Waals surface area contributed by atoms with Gasteiger partial charge in [-0.25, -0.2) is 8.78 Å². The van der Waals surface area contributed by atoms with E-state index in [0.29, 0.717) is 0 Å². The number of hydrogen-bond acceptors (Lipinski definition) is 6. The molecule has 1 saturated carbocycles. The summed E-state index contributed by atoms with van der Waals surface area (Å²) < 4.78 is 33.4. The Hall–Kier alpha value is -1.48. The SMILES string of the molecule is OC[C@@H]1[C@@H](O)[C@H](O)[C@@H](O)[C@H](Oc2ccc(O)cc2)C1(F)F. The molecule has 1 aromatic carbocycles. The fourth-order valence-electron chi connectivity index (χ4n) is 2.33. The Morgan fingerprint density at radius 3 is 2.10 bits per heavy atom. The van der Waals surface area contributed by atoms with Gasteiger partial charge in [0, 0.05) is 0 Å². The molecule has 0 aromatic heterocycles. The minimum atomic E-state index is -3.76. The van der Waals surface area contributed by atoms with Gasteiger partial charge in [0.1, 0.15) is 23.7 Å². The van der Waals surface area contributed by atoms with Crippen LogP contribution in [0.1, 0.15) is 0 Å². The molecule has 1 aromatic rings. The number of rotatable bonds is 3. The second kappa shape index (κ2) is 5.72. The monoisotopic (exact) mass is 306 g/mol. The summed E-state index contributed by atoms with van der Waals surface area (Å²) in [6, 6.07) is 4.84. The van der Waals surface area contributed by atoms with Gasteiger partial charge in [-0.3, -0.25) is 0 Å². The lowest BCUT2D eigenvalue weighted by atomic mass is 9.78. The van der Waals surface area contributed by atoms with E-state index in [4.69, 9.17) is 14.9 Å². The highest BCUT2D eigenvalue weighted by atomic mass is 19.3. The lowest BCUT2D eigenvalue weighted by Crippen LogP contribution is -2.67. The largest absolute Gasteiger partial charge is 0.508 e. The third-order valence-electron chi connectivity index (χ3n) is 3.59. The topological polar surface area (TPSA) is 110 Å². The summed E-state index contributed by atoms with van der Waals surface area (Å²) in [5.74, 6) is -5.87. The summed E-state index contributed by atoms with van der Waals surface area (Å²) in [5, 5.41) is 47.0. The summed E-state index contributed by atoms with van der Waals surface area (Å²) in [7, 11) is 0. The van der Waals surface area contributed by atoms with Crippen molar-refractivity contribution >= 4 is 0 Å². The van der Waals surface area contributed by atoms with Crippen LogP contribution in [0.15, 0.2) is 24.3 Å². The van der Waals surface area contributed by atoms with Crippen LogP contribution in [0.25, 0.3) is 0 Å². The van der Waals surface area contributed by atoms with Crippen molar-refractivity contribution in [3.05, 3.63) is 24.3 Å². The minimum absolute atomic E-state index is 0.0585. The van der Waals surface area contributed by atoms with Crippen LogP contribution in [0.4, 0.5) is 8.78 Å². The maximum Gasteiger partial charge on any atom is 0.294 e. The van der Waals surface area contributed by atoms with Gasteiger partial charge in [-0.2, -0.15) is 0 Å². The normalized spacial score (nSPS) is 35.4. The van der Waals surface area contributed by atoms with Crippen molar-refractivity contribution in [1.29, 1.82) is 0 Å². The van der Waals surface area contributed by atoms with E-state index < -0.39 is 42.9 Å². The number of alkyl halides is 2. The predicted molar refractivity (Wildman–Crippen MR) is 66.1 cm³/mol. The van der Waals surface area contributed by atoms with Crippen LogP contribution in [-0.2, 0) is 0 Å². The van der Waals surface area contributed by atoms with E-state index >= 15 is 0 Å². The highest BCUT2D eigenvalue weighted by Gasteiger charge is 2.62. The summed E-state index contributed by atoms with van der Waals surface area (Å²) in [5.41, 5.74) is 0. The van der Waals surface area contributed by atoms with Crippen molar-refractivity contribution < 1.29 is 39.1 Å². The summed E-state index contributed by atoms with van der Waals surface area (Å²) >= 11 is 0. The average molecular weight is 306 g/mol. The number of aromatic hydroxyl groups is 1. The lowest BCUT2D eigenvalue weighted by Gasteiger charge is -2.45. The number of phenols is 1. The van der Waals surface area contributed by atoms with Gasteiger partial charge in [0.15, 0.2) is 6.10 Å². The molecule has 8 heteroatoms. The molecule has 0 aliphatic heterocycles. The minimum Gasteiger partial charge on any atom is -0.508 e. The van der Waals surface area contributed by atoms with Crippen molar-refractivity contribution in [3.8, 4) is 11.5 Å². The van der Waals surface area contributed by atoms with E-state index in [1.54, 1.807) is 0 Å². The number of benzene rings is 1. The van der Waals surface area contributed by atoms with Gasteiger partial charge in [-0.1, -0.05) is 0 Å². The Balaban J connectivity index is 2.28. The van der Waals surface area contributed by atoms with Gasteiger partial charge in [0.2, 0.25) is 0 Å². The van der Waals surface area contributed by atoms with Crippen molar-refractivity contribution in [2.75, 3.05) is 6.61 Å². The van der Waals surface area contributed by atoms with E-state index in [1.807, 2.05) is 0 Å². The first-order chi connectivity index (χ1) is 9.78. The second-order valence-electron chi connectivity index (χ2n) is 4.97. The first-order valence-electron chi connectivity index (χ1n) is 6.27. The smallest absolute Gasteiger partial charge is 0.294 e. The van der Waals surface area contributed by atoms with E-state index in [0.717, 1.165) is 0 Å². The van der Waals surface area contributed by atoms with Crippen LogP contribution >= 0.6 is 0 Å². The zero-order valence-corrected chi connectivity index (χ0v) is 10.8. The van der Waals surface area contributed by atoms with Gasteiger partial charge >= 0.3 is 0 Å². The first-order valence-corrected chi connectivity index (χ1v) is 6.27. The molecule has 118 valence electrons. The Bertz CT molecular complexity index is 480. The Morgan fingerprint density at radius 1 is 1.00 bits per heavy atom. The molecule has 5 atom stereocenters. The first kappa shape index (κ1) is 15.9. The number of aliphatic hydroxyl groups excluding tert-OH is 4. The van der Waals surface area contributed by atoms with Crippen LogP contribution < -0.4 is 4.74 Å². The van der Waals surface area contributed by atoms with Crippen LogP contribution in [0.3, 0.4) is 0 Å². The lowest BCUT2D eigenvalue weighted by molar-refractivity contribution is -0.266. The van der Waals surface area contributed by atoms with Crippen LogP contribution in [0.5, 0.6) is 11.5 Å². The molecule has 1 fully saturated rings. The molecule has 2 rings (SSSR count). The van der Waals surface area contributed by atoms with Gasteiger partial charge in [-0.15, -0.1) is 0 Å². The molecule has 0 radical (unpaired) electrons. The molecule has 0 saturated heterocycles. The average Bonchev–Trinajstić information content (AvgIpc) is 2.44. The number of aliphatic hydroxyl groups is 4. The molecular weight excluding hydrogens is 290 g/mol. The third-order valence-corrected chi connectivity index (χ3v) is 3.59. The summed E-state index contributed by atoms with van der Waals surface area (Å²) in [6.07, 6.45) is -8.02. The third kappa shape index (κ3) is 2.80. The van der Waals surface area contributed by atoms with Gasteiger partial charge in [0.25, 0.3) is 5.92 Å². The van der Waals surface area contributed by atoms with Crippen LogP contribution in [-0.4, -0.2) is 62.5 Å². The Labute approximate surface area is 118 Å². The number of phenolic OH excluding ortho intramolecular Hbond substituents is 1. The van der Waals surface area contributed by atoms with E-state index in [9.17, 15) is 24.1 Å². The fourth-order valence-corrected chi connectivity index (χ4v) is 2.33. The van der Waals surface area contributed by atoms with E-state index in [1.165, 1.54) is 24.3 Å². The maximum atomic E-state index is 14.2. The number of ether oxygens (including phenoxy) is 1. The zero-order valence-electron chi connectivity index (χ0n) is 10.8. The van der Waals surface area contributed by atoms with Gasteiger partial charge < -0.3 is 30.3 Å². The molecule has 21 heavy (non-hydrogen) atoms. The van der Waals surface area contributed by atoms with Crippen LogP contribution in [0.2, 0.25) is 0 Å². The number of hydrogen-bond donors (Lipinski definition) is 5. The zero-order chi connectivity index (χ0) is 15.8. The molecule has 5 N–H and O–H groups in total. The summed E-state index contributed by atoms with van der Waals surface area (Å²) in [4.78, 5) is 0. The molecule has 0 bridgehead atoms. The molecule has 0 amide bonds. The van der Waals surface area contributed by atoms with E-state index in [2.05, 4.69) is 0 Å². The molecule has 0 unspecified atom stereocenters.